The van der Waals surface area contributed by atoms with Gasteiger partial charge in [0.15, 0.2) is 5.82 Å². The summed E-state index contributed by atoms with van der Waals surface area (Å²) in [4.78, 5) is 19.1. The van der Waals surface area contributed by atoms with Crippen LogP contribution in [0.5, 0.6) is 0 Å². The number of anilines is 2. The van der Waals surface area contributed by atoms with Gasteiger partial charge in [0, 0.05) is 55.6 Å². The number of nitrogens with one attached hydrogen (secondary N) is 1. The SMILES string of the molecule is C=C1CCCCc2cc(F)c(N)cc2-c2ncc3c(nc(CC[C@@]45CCCN4CC(F)C5)nc3c2F)N2CCCC(CCN1)C2. The summed E-state index contributed by atoms with van der Waals surface area (Å²) in [6.45, 7) is 8.14. The number of benzene rings is 1. The fourth-order valence-corrected chi connectivity index (χ4v) is 8.33. The Hall–Kier alpha value is -3.40. The van der Waals surface area contributed by atoms with Gasteiger partial charge in [0.05, 0.1) is 11.1 Å². The van der Waals surface area contributed by atoms with Crippen LogP contribution in [0.2, 0.25) is 0 Å². The average Bonchev–Trinajstić information content (AvgIpc) is 3.55. The van der Waals surface area contributed by atoms with Gasteiger partial charge < -0.3 is 16.0 Å². The zero-order valence-corrected chi connectivity index (χ0v) is 26.1. The Morgan fingerprint density at radius 1 is 1.04 bits per heavy atom. The summed E-state index contributed by atoms with van der Waals surface area (Å²) in [5, 5.41) is 4.10. The summed E-state index contributed by atoms with van der Waals surface area (Å²) >= 11 is 0. The number of alkyl halides is 1. The van der Waals surface area contributed by atoms with E-state index in [0.717, 1.165) is 89.7 Å². The number of allylic oxidation sites excluding steroid dienone is 1. The van der Waals surface area contributed by atoms with Crippen molar-refractivity contribution in [2.24, 2.45) is 5.92 Å². The van der Waals surface area contributed by atoms with Crippen molar-refractivity contribution in [1.82, 2.24) is 25.2 Å². The van der Waals surface area contributed by atoms with Crippen molar-refractivity contribution in [3.63, 3.8) is 0 Å². The number of nitrogen functional groups attached to an aromatic ring is 1. The van der Waals surface area contributed by atoms with Gasteiger partial charge in [-0.15, -0.1) is 0 Å². The zero-order valence-electron chi connectivity index (χ0n) is 26.1. The van der Waals surface area contributed by atoms with Crippen molar-refractivity contribution in [3.8, 4) is 11.3 Å². The summed E-state index contributed by atoms with van der Waals surface area (Å²) in [5.41, 5.74) is 8.33. The highest BCUT2D eigenvalue weighted by molar-refractivity contribution is 5.92. The highest BCUT2D eigenvalue weighted by atomic mass is 19.1. The van der Waals surface area contributed by atoms with Crippen LogP contribution in [-0.2, 0) is 12.8 Å². The van der Waals surface area contributed by atoms with E-state index in [0.29, 0.717) is 59.9 Å². The number of hydrogen-bond acceptors (Lipinski definition) is 7. The van der Waals surface area contributed by atoms with E-state index in [1.807, 2.05) is 0 Å². The highest BCUT2D eigenvalue weighted by Crippen LogP contribution is 2.43. The number of aromatic nitrogens is 3. The molecule has 6 bridgehead atoms. The monoisotopic (exact) mass is 619 g/mol. The Bertz CT molecular complexity index is 1600. The largest absolute Gasteiger partial charge is 0.396 e. The zero-order chi connectivity index (χ0) is 31.1. The van der Waals surface area contributed by atoms with Gasteiger partial charge in [-0.05, 0) is 101 Å². The molecule has 0 saturated carbocycles. The van der Waals surface area contributed by atoms with Crippen molar-refractivity contribution in [1.29, 1.82) is 0 Å². The van der Waals surface area contributed by atoms with Crippen LogP contribution in [0.3, 0.4) is 0 Å². The number of nitrogens with two attached hydrogens (primary N) is 1. The van der Waals surface area contributed by atoms with Crippen molar-refractivity contribution in [2.45, 2.75) is 88.8 Å². The Morgan fingerprint density at radius 3 is 2.80 bits per heavy atom. The first-order chi connectivity index (χ1) is 21.8. The average molecular weight is 620 g/mol. The molecule has 0 amide bonds. The lowest BCUT2D eigenvalue weighted by Crippen LogP contribution is -2.39. The fourth-order valence-electron chi connectivity index (χ4n) is 8.33. The van der Waals surface area contributed by atoms with Gasteiger partial charge in [-0.2, -0.15) is 0 Å². The fraction of sp³-hybridized carbons (Fsp3) is 0.571. The summed E-state index contributed by atoms with van der Waals surface area (Å²) in [5.74, 6) is 0.704. The number of halogens is 3. The van der Waals surface area contributed by atoms with Crippen LogP contribution in [0.4, 0.5) is 24.7 Å². The minimum atomic E-state index is -0.806. The number of rotatable bonds is 3. The maximum absolute atomic E-state index is 16.8. The van der Waals surface area contributed by atoms with E-state index >= 15 is 4.39 Å². The van der Waals surface area contributed by atoms with Crippen LogP contribution in [0.15, 0.2) is 30.6 Å². The maximum atomic E-state index is 16.8. The molecule has 3 fully saturated rings. The molecular weight excluding hydrogens is 575 g/mol. The van der Waals surface area contributed by atoms with Crippen molar-refractivity contribution >= 4 is 22.4 Å². The second-order valence-corrected chi connectivity index (χ2v) is 13.7. The summed E-state index contributed by atoms with van der Waals surface area (Å²) in [7, 11) is 0. The lowest BCUT2D eigenvalue weighted by atomic mass is 9.88. The third-order valence-electron chi connectivity index (χ3n) is 10.7. The number of piperidine rings is 1. The molecule has 0 spiro atoms. The van der Waals surface area contributed by atoms with Gasteiger partial charge in [-0.25, -0.2) is 23.1 Å². The normalized spacial score (nSPS) is 26.1. The van der Waals surface area contributed by atoms with E-state index in [1.165, 1.54) is 12.1 Å². The number of nitrogens with zero attached hydrogens (tertiary/aromatic N) is 5. The lowest BCUT2D eigenvalue weighted by molar-refractivity contribution is 0.181. The Labute approximate surface area is 263 Å². The molecule has 3 saturated heterocycles. The Balaban J connectivity index is 1.33. The Kier molecular flexibility index (Phi) is 8.35. The van der Waals surface area contributed by atoms with Gasteiger partial charge in [0.25, 0.3) is 0 Å². The smallest absolute Gasteiger partial charge is 0.175 e. The van der Waals surface area contributed by atoms with Gasteiger partial charge >= 0.3 is 0 Å². The van der Waals surface area contributed by atoms with Crippen LogP contribution in [0, 0.1) is 17.6 Å². The second-order valence-electron chi connectivity index (χ2n) is 13.7. The molecule has 3 N–H and O–H groups in total. The quantitative estimate of drug-likeness (QED) is 0.324. The highest BCUT2D eigenvalue weighted by Gasteiger charge is 2.48. The third-order valence-corrected chi connectivity index (χ3v) is 10.7. The summed E-state index contributed by atoms with van der Waals surface area (Å²) in [6.07, 6.45) is 11.0. The standard InChI is InChI=1S/C35H44F3N7/c1-22-6-2-3-8-24-16-28(37)29(39)17-26(24)32-31(38)33-27(19-41-32)34(44-14-4-7-23(20-44)10-13-40-22)43-30(42-33)9-12-35-11-5-15-45(35)21-25(36)18-35/h16-17,19,23,25,40H,1-15,18,20-21,39H2/t23?,25?,35-/m1/s1. The van der Waals surface area contributed by atoms with Crippen molar-refractivity contribution in [3.05, 3.63) is 53.6 Å². The molecule has 3 atom stereocenters. The third kappa shape index (κ3) is 5.98. The molecule has 7 heterocycles. The van der Waals surface area contributed by atoms with Crippen molar-refractivity contribution in [2.75, 3.05) is 43.4 Å². The van der Waals surface area contributed by atoms with Gasteiger partial charge in [-0.1, -0.05) is 6.58 Å². The number of fused-ring (bicyclic) bond motifs is 9. The van der Waals surface area contributed by atoms with Gasteiger partial charge in [0.1, 0.15) is 34.8 Å². The van der Waals surface area contributed by atoms with Crippen LogP contribution < -0.4 is 16.0 Å². The first kappa shape index (κ1) is 30.3. The molecule has 5 aliphatic heterocycles. The first-order valence-corrected chi connectivity index (χ1v) is 16.8. The molecule has 7 nitrogen and oxygen atoms in total. The van der Waals surface area contributed by atoms with Crippen LogP contribution in [0.1, 0.15) is 75.6 Å². The number of pyridine rings is 1. The molecule has 3 aromatic rings. The van der Waals surface area contributed by atoms with E-state index in [9.17, 15) is 8.78 Å². The topological polar surface area (TPSA) is 83.2 Å². The summed E-state index contributed by atoms with van der Waals surface area (Å²) in [6, 6.07) is 2.92. The van der Waals surface area contributed by atoms with E-state index < -0.39 is 17.8 Å². The summed E-state index contributed by atoms with van der Waals surface area (Å²) < 4.78 is 46.0. The predicted molar refractivity (Wildman–Crippen MR) is 173 cm³/mol. The molecule has 2 unspecified atom stereocenters. The van der Waals surface area contributed by atoms with Crippen LogP contribution >= 0.6 is 0 Å². The molecular formula is C35H44F3N7. The van der Waals surface area contributed by atoms with Gasteiger partial charge in [0.2, 0.25) is 0 Å². The molecule has 1 aromatic carbocycles. The van der Waals surface area contributed by atoms with Crippen molar-refractivity contribution < 1.29 is 13.2 Å². The van der Waals surface area contributed by atoms with Crippen LogP contribution in [-0.4, -0.2) is 64.3 Å². The number of hydrogen-bond donors (Lipinski definition) is 2. The van der Waals surface area contributed by atoms with Crippen LogP contribution in [0.25, 0.3) is 22.2 Å². The van der Waals surface area contributed by atoms with Gasteiger partial charge in [-0.3, -0.25) is 9.88 Å². The molecule has 8 rings (SSSR count). The lowest BCUT2D eigenvalue weighted by Gasteiger charge is -2.35. The minimum Gasteiger partial charge on any atom is -0.396 e. The molecule has 0 aliphatic carbocycles. The van der Waals surface area contributed by atoms with E-state index in [-0.39, 0.29) is 22.4 Å². The van der Waals surface area contributed by atoms with E-state index in [1.54, 1.807) is 6.20 Å². The Morgan fingerprint density at radius 2 is 1.91 bits per heavy atom. The molecule has 5 aliphatic rings. The predicted octanol–water partition coefficient (Wildman–Crippen LogP) is 6.50. The number of aryl methyl sites for hydroxylation is 2. The second kappa shape index (κ2) is 12.4. The molecule has 10 heteroatoms. The maximum Gasteiger partial charge on any atom is 0.175 e. The first-order valence-electron chi connectivity index (χ1n) is 16.8. The molecule has 240 valence electrons. The van der Waals surface area contributed by atoms with E-state index in [4.69, 9.17) is 15.7 Å². The molecule has 2 aromatic heterocycles. The molecule has 45 heavy (non-hydrogen) atoms. The molecule has 0 radical (unpaired) electrons. The minimum absolute atomic E-state index is 0.0405. The van der Waals surface area contributed by atoms with E-state index in [2.05, 4.69) is 26.7 Å².